The fraction of sp³-hybridized carbons (Fsp3) is 0.958. The highest BCUT2D eigenvalue weighted by Crippen LogP contribution is 2.49. The van der Waals surface area contributed by atoms with E-state index in [1.54, 1.807) is 4.90 Å². The van der Waals surface area contributed by atoms with Gasteiger partial charge in [-0.2, -0.15) is 0 Å². The maximum absolute atomic E-state index is 13.7. The maximum atomic E-state index is 13.7. The molecule has 0 aromatic carbocycles. The number of carbonyl (C=O) groups excluding carboxylic acids is 1. The summed E-state index contributed by atoms with van der Waals surface area (Å²) in [5.74, 6) is 0.558. The Morgan fingerprint density at radius 2 is 1.20 bits per heavy atom. The van der Waals surface area contributed by atoms with E-state index in [0.717, 1.165) is 51.4 Å². The number of rotatable bonds is 18. The molecule has 0 aliphatic carbocycles. The molecule has 0 spiro atoms. The van der Waals surface area contributed by atoms with Gasteiger partial charge in [-0.1, -0.05) is 66.2 Å². The topological polar surface area (TPSA) is 55.8 Å². The van der Waals surface area contributed by atoms with Crippen LogP contribution in [0.3, 0.4) is 0 Å². The standard InChI is InChI=1S/C24H50NO4P/c1-9-13-15-22(11-3)17-28-30(27,29-18-23(12-4)16-14-10-2)19-24(26)25(20(5)6)21(7)8/h20-23H,9-19H2,1-8H3/t22-,23-/m0/s1. The summed E-state index contributed by atoms with van der Waals surface area (Å²) in [6.07, 6.45) is 8.44. The van der Waals surface area contributed by atoms with Gasteiger partial charge in [-0.25, -0.2) is 0 Å². The smallest absolute Gasteiger partial charge is 0.337 e. The van der Waals surface area contributed by atoms with Gasteiger partial charge in [0.15, 0.2) is 0 Å². The van der Waals surface area contributed by atoms with Crippen LogP contribution in [-0.4, -0.2) is 42.3 Å². The van der Waals surface area contributed by atoms with E-state index in [9.17, 15) is 9.36 Å². The quantitative estimate of drug-likeness (QED) is 0.207. The first-order valence-electron chi connectivity index (χ1n) is 12.3. The fourth-order valence-corrected chi connectivity index (χ4v) is 5.41. The summed E-state index contributed by atoms with van der Waals surface area (Å²) >= 11 is 0. The second-order valence-corrected chi connectivity index (χ2v) is 11.2. The molecular weight excluding hydrogens is 397 g/mol. The summed E-state index contributed by atoms with van der Waals surface area (Å²) in [6.45, 7) is 17.4. The minimum Gasteiger partial charge on any atom is -0.337 e. The molecule has 0 aliphatic rings. The van der Waals surface area contributed by atoms with Crippen LogP contribution in [-0.2, 0) is 18.4 Å². The molecule has 0 saturated heterocycles. The molecule has 0 bridgehead atoms. The van der Waals surface area contributed by atoms with Crippen molar-refractivity contribution in [3.8, 4) is 0 Å². The van der Waals surface area contributed by atoms with E-state index in [-0.39, 0.29) is 24.2 Å². The van der Waals surface area contributed by atoms with Gasteiger partial charge in [0.25, 0.3) is 0 Å². The summed E-state index contributed by atoms with van der Waals surface area (Å²) in [6, 6.07) is 0.0960. The van der Waals surface area contributed by atoms with Gasteiger partial charge in [0, 0.05) is 12.1 Å². The number of hydrogen-bond donors (Lipinski definition) is 0. The summed E-state index contributed by atoms with van der Waals surface area (Å²) in [5, 5.41) is 0. The van der Waals surface area contributed by atoms with E-state index in [1.807, 2.05) is 27.7 Å². The monoisotopic (exact) mass is 447 g/mol. The van der Waals surface area contributed by atoms with Crippen molar-refractivity contribution in [1.29, 1.82) is 0 Å². The van der Waals surface area contributed by atoms with Gasteiger partial charge < -0.3 is 13.9 Å². The molecule has 0 unspecified atom stereocenters. The van der Waals surface area contributed by atoms with Crippen molar-refractivity contribution >= 4 is 13.5 Å². The molecule has 180 valence electrons. The van der Waals surface area contributed by atoms with Gasteiger partial charge in [-0.05, 0) is 52.4 Å². The van der Waals surface area contributed by atoms with Crippen molar-refractivity contribution in [3.63, 3.8) is 0 Å². The molecule has 0 radical (unpaired) electrons. The molecule has 5 nitrogen and oxygen atoms in total. The lowest BCUT2D eigenvalue weighted by Crippen LogP contribution is -2.43. The van der Waals surface area contributed by atoms with Crippen molar-refractivity contribution in [2.45, 2.75) is 119 Å². The largest absolute Gasteiger partial charge is 0.340 e. The van der Waals surface area contributed by atoms with E-state index >= 15 is 0 Å². The second kappa shape index (κ2) is 16.3. The van der Waals surface area contributed by atoms with Crippen LogP contribution in [0.5, 0.6) is 0 Å². The minimum absolute atomic E-state index is 0.0480. The lowest BCUT2D eigenvalue weighted by molar-refractivity contribution is -0.132. The number of amides is 1. The molecule has 30 heavy (non-hydrogen) atoms. The average molecular weight is 448 g/mol. The highest BCUT2D eigenvalue weighted by atomic mass is 31.2. The van der Waals surface area contributed by atoms with Gasteiger partial charge in [0.2, 0.25) is 5.91 Å². The molecule has 2 atom stereocenters. The van der Waals surface area contributed by atoms with E-state index in [4.69, 9.17) is 9.05 Å². The van der Waals surface area contributed by atoms with Crippen molar-refractivity contribution < 1.29 is 18.4 Å². The number of hydrogen-bond acceptors (Lipinski definition) is 4. The van der Waals surface area contributed by atoms with Crippen LogP contribution < -0.4 is 0 Å². The Labute approximate surface area is 187 Å². The van der Waals surface area contributed by atoms with Crippen LogP contribution in [0.4, 0.5) is 0 Å². The first-order chi connectivity index (χ1) is 14.1. The van der Waals surface area contributed by atoms with Gasteiger partial charge in [-0.3, -0.25) is 9.36 Å². The summed E-state index contributed by atoms with van der Waals surface area (Å²) in [4.78, 5) is 14.8. The normalized spacial score (nSPS) is 14.3. The Balaban J connectivity index is 5.30. The average Bonchev–Trinajstić information content (AvgIpc) is 2.67. The van der Waals surface area contributed by atoms with E-state index in [1.165, 1.54) is 0 Å². The van der Waals surface area contributed by atoms with Crippen molar-refractivity contribution in [3.05, 3.63) is 0 Å². The first-order valence-corrected chi connectivity index (χ1v) is 14.1. The Morgan fingerprint density at radius 1 is 0.800 bits per heavy atom. The third-order valence-electron chi connectivity index (χ3n) is 5.83. The molecule has 0 heterocycles. The zero-order chi connectivity index (χ0) is 23.2. The summed E-state index contributed by atoms with van der Waals surface area (Å²) in [7, 11) is -3.50. The van der Waals surface area contributed by atoms with Crippen LogP contribution in [0.1, 0.15) is 107 Å². The van der Waals surface area contributed by atoms with Crippen LogP contribution in [0.2, 0.25) is 0 Å². The maximum Gasteiger partial charge on any atom is 0.340 e. The lowest BCUT2D eigenvalue weighted by atomic mass is 10.0. The lowest BCUT2D eigenvalue weighted by Gasteiger charge is -2.32. The molecule has 1 amide bonds. The SMILES string of the molecule is CCCC[C@H](CC)COP(=O)(CC(=O)N(C(C)C)C(C)C)OC[C@@H](CC)CCCC. The molecule has 0 aliphatic heterocycles. The third-order valence-corrected chi connectivity index (χ3v) is 7.57. The molecule has 0 N–H and O–H groups in total. The third kappa shape index (κ3) is 11.9. The summed E-state index contributed by atoms with van der Waals surface area (Å²) in [5.41, 5.74) is 0. The van der Waals surface area contributed by atoms with Gasteiger partial charge in [0.1, 0.15) is 6.16 Å². The van der Waals surface area contributed by atoms with Crippen LogP contribution in [0, 0.1) is 11.8 Å². The Morgan fingerprint density at radius 3 is 1.50 bits per heavy atom. The van der Waals surface area contributed by atoms with Crippen LogP contribution in [0.15, 0.2) is 0 Å². The zero-order valence-electron chi connectivity index (χ0n) is 21.1. The number of unbranched alkanes of at least 4 members (excludes halogenated alkanes) is 2. The fourth-order valence-electron chi connectivity index (χ4n) is 3.78. The van der Waals surface area contributed by atoms with Crippen LogP contribution in [0.25, 0.3) is 0 Å². The highest BCUT2D eigenvalue weighted by Gasteiger charge is 2.34. The number of carbonyl (C=O) groups is 1. The highest BCUT2D eigenvalue weighted by molar-refractivity contribution is 7.54. The van der Waals surface area contributed by atoms with E-state index < -0.39 is 7.60 Å². The van der Waals surface area contributed by atoms with Crippen molar-refractivity contribution in [2.24, 2.45) is 11.8 Å². The predicted octanol–water partition coefficient (Wildman–Crippen LogP) is 7.29. The van der Waals surface area contributed by atoms with Crippen LogP contribution >= 0.6 is 7.60 Å². The zero-order valence-corrected chi connectivity index (χ0v) is 22.0. The molecule has 0 fully saturated rings. The first kappa shape index (κ1) is 29.6. The van der Waals surface area contributed by atoms with E-state index in [0.29, 0.717) is 25.0 Å². The molecular formula is C24H50NO4P. The number of nitrogens with zero attached hydrogens (tertiary/aromatic N) is 1. The molecule has 6 heteroatoms. The Bertz CT molecular complexity index is 464. The van der Waals surface area contributed by atoms with E-state index in [2.05, 4.69) is 27.7 Å². The van der Waals surface area contributed by atoms with Gasteiger partial charge >= 0.3 is 7.60 Å². The molecule has 0 saturated carbocycles. The van der Waals surface area contributed by atoms with Gasteiger partial charge in [0.05, 0.1) is 13.2 Å². The second-order valence-electron chi connectivity index (χ2n) is 9.18. The molecule has 0 aromatic heterocycles. The summed E-state index contributed by atoms with van der Waals surface area (Å²) < 4.78 is 25.6. The Kier molecular flexibility index (Phi) is 16.1. The van der Waals surface area contributed by atoms with Gasteiger partial charge in [-0.15, -0.1) is 0 Å². The van der Waals surface area contributed by atoms with Crippen molar-refractivity contribution in [2.75, 3.05) is 19.4 Å². The van der Waals surface area contributed by atoms with Crippen molar-refractivity contribution in [1.82, 2.24) is 4.90 Å². The molecule has 0 rings (SSSR count). The Hall–Kier alpha value is -0.380. The predicted molar refractivity (Wildman–Crippen MR) is 128 cm³/mol. The minimum atomic E-state index is -3.50. The molecule has 0 aromatic rings.